The number of para-hydroxylation sites is 1. The van der Waals surface area contributed by atoms with Gasteiger partial charge in [-0.25, -0.2) is 0 Å². The van der Waals surface area contributed by atoms with Gasteiger partial charge in [-0.1, -0.05) is 44.7 Å². The van der Waals surface area contributed by atoms with Crippen molar-refractivity contribution in [3.8, 4) is 11.8 Å². The van der Waals surface area contributed by atoms with Gasteiger partial charge in [0, 0.05) is 24.6 Å². The molecule has 4 unspecified atom stereocenters. The highest BCUT2D eigenvalue weighted by Gasteiger charge is 2.41. The zero-order valence-corrected chi connectivity index (χ0v) is 18.3. The molecule has 3 heterocycles. The highest BCUT2D eigenvalue weighted by atomic mass is 16.5. The van der Waals surface area contributed by atoms with Crippen molar-refractivity contribution in [2.75, 3.05) is 29.9 Å². The molecule has 0 saturated carbocycles. The molecule has 2 N–H and O–H groups in total. The van der Waals surface area contributed by atoms with Crippen molar-refractivity contribution in [2.24, 2.45) is 17.8 Å². The van der Waals surface area contributed by atoms with Crippen LogP contribution in [0.15, 0.2) is 41.7 Å². The van der Waals surface area contributed by atoms with Gasteiger partial charge in [-0.15, -0.1) is 0 Å². The Kier molecular flexibility index (Phi) is 5.99. The van der Waals surface area contributed by atoms with Crippen LogP contribution in [0.4, 0.5) is 11.8 Å². The summed E-state index contributed by atoms with van der Waals surface area (Å²) in [5.41, 5.74) is 0.504. The number of piperidine rings is 1. The lowest BCUT2D eigenvalue weighted by Crippen LogP contribution is -2.43. The van der Waals surface area contributed by atoms with Gasteiger partial charge in [0.15, 0.2) is 0 Å². The predicted molar refractivity (Wildman–Crippen MR) is 122 cm³/mol. The molecule has 8 nitrogen and oxygen atoms in total. The Labute approximate surface area is 186 Å². The van der Waals surface area contributed by atoms with E-state index in [9.17, 15) is 14.9 Å². The lowest BCUT2D eigenvalue weighted by Gasteiger charge is -2.36. The van der Waals surface area contributed by atoms with Gasteiger partial charge < -0.3 is 15.0 Å². The van der Waals surface area contributed by atoms with Crippen molar-refractivity contribution >= 4 is 17.7 Å². The summed E-state index contributed by atoms with van der Waals surface area (Å²) in [6.45, 7) is 9.84. The van der Waals surface area contributed by atoms with Gasteiger partial charge in [-0.2, -0.15) is 10.2 Å². The third kappa shape index (κ3) is 3.98. The van der Waals surface area contributed by atoms with Crippen LogP contribution in [0.3, 0.4) is 0 Å². The lowest BCUT2D eigenvalue weighted by atomic mass is 9.79. The van der Waals surface area contributed by atoms with Crippen molar-refractivity contribution < 1.29 is 9.53 Å². The smallest absolute Gasteiger partial charge is 0.258 e. The summed E-state index contributed by atoms with van der Waals surface area (Å²) < 4.78 is 5.76. The molecule has 0 spiro atoms. The van der Waals surface area contributed by atoms with Crippen molar-refractivity contribution in [2.45, 2.75) is 26.2 Å². The van der Waals surface area contributed by atoms with E-state index in [-0.39, 0.29) is 23.5 Å². The molecule has 2 aliphatic heterocycles. The van der Waals surface area contributed by atoms with Gasteiger partial charge in [0.05, 0.1) is 11.6 Å². The van der Waals surface area contributed by atoms with Gasteiger partial charge in [-0.3, -0.25) is 14.6 Å². The van der Waals surface area contributed by atoms with Crippen LogP contribution in [0, 0.1) is 29.1 Å². The van der Waals surface area contributed by atoms with Gasteiger partial charge in [-0.05, 0) is 24.3 Å². The fourth-order valence-electron chi connectivity index (χ4n) is 4.84. The Morgan fingerprint density at radius 1 is 1.28 bits per heavy atom. The first-order valence-electron chi connectivity index (χ1n) is 10.8. The first-order valence-corrected chi connectivity index (χ1v) is 10.8. The molecule has 0 radical (unpaired) electrons. The van der Waals surface area contributed by atoms with Gasteiger partial charge in [0.2, 0.25) is 11.9 Å². The number of nitriles is 1. The van der Waals surface area contributed by atoms with E-state index < -0.39 is 17.7 Å². The maximum atomic E-state index is 13.3. The monoisotopic (exact) mass is 433 g/mol. The van der Waals surface area contributed by atoms with Gasteiger partial charge >= 0.3 is 0 Å². The number of rotatable bonds is 5. The topological polar surface area (TPSA) is 111 Å². The maximum Gasteiger partial charge on any atom is 0.258 e. The van der Waals surface area contributed by atoms with Crippen LogP contribution in [0.5, 0.6) is 5.75 Å². The van der Waals surface area contributed by atoms with Crippen LogP contribution in [0.2, 0.25) is 0 Å². The number of aromatic nitrogens is 2. The second kappa shape index (κ2) is 8.87. The number of anilines is 2. The largest absolute Gasteiger partial charge is 0.489 e. The van der Waals surface area contributed by atoms with E-state index in [0.717, 1.165) is 19.5 Å². The van der Waals surface area contributed by atoms with Gasteiger partial charge in [0.1, 0.15) is 24.1 Å². The molecule has 4 atom stereocenters. The van der Waals surface area contributed by atoms with Crippen LogP contribution in [-0.2, 0) is 4.79 Å². The highest BCUT2D eigenvalue weighted by Crippen LogP contribution is 2.42. The van der Waals surface area contributed by atoms with Crippen molar-refractivity contribution in [1.29, 1.82) is 5.26 Å². The quantitative estimate of drug-likeness (QED) is 0.701. The fourth-order valence-corrected chi connectivity index (χ4v) is 4.84. The number of fused-ring (bicyclic) bond motifs is 1. The zero-order chi connectivity index (χ0) is 22.8. The number of carbonyl (C=O) groups is 1. The van der Waals surface area contributed by atoms with E-state index in [0.29, 0.717) is 29.1 Å². The summed E-state index contributed by atoms with van der Waals surface area (Å²) in [5.74, 6) is -0.270. The zero-order valence-electron chi connectivity index (χ0n) is 18.3. The minimum absolute atomic E-state index is 0.203. The molecule has 0 aliphatic carbocycles. The van der Waals surface area contributed by atoms with E-state index >= 15 is 0 Å². The number of benzene rings is 1. The summed E-state index contributed by atoms with van der Waals surface area (Å²) >= 11 is 0. The Morgan fingerprint density at radius 3 is 2.69 bits per heavy atom. The standard InChI is InChI=1S/C24H27N5O3/c1-4-9-32-18-8-6-5-7-16(18)19-17(11-25)22(30)26-21-20(19)23(31)28-24(27-21)29-12-14(2)10-15(3)13-29/h4-8,14-15,17,19H,1,9-10,12-13H2,2-3H3,(H2,26,27,28,30,31). The van der Waals surface area contributed by atoms with E-state index in [4.69, 9.17) is 4.74 Å². The number of aromatic amines is 1. The third-order valence-corrected chi connectivity index (χ3v) is 6.03. The Bertz CT molecular complexity index is 1130. The third-order valence-electron chi connectivity index (χ3n) is 6.03. The molecule has 8 heteroatoms. The van der Waals surface area contributed by atoms with Crippen molar-refractivity contribution in [1.82, 2.24) is 9.97 Å². The molecule has 1 aromatic carbocycles. The minimum atomic E-state index is -1.08. The van der Waals surface area contributed by atoms with E-state index in [1.807, 2.05) is 0 Å². The second-order valence-corrected chi connectivity index (χ2v) is 8.71. The van der Waals surface area contributed by atoms with Crippen LogP contribution < -0.4 is 20.5 Å². The number of nitrogens with one attached hydrogen (secondary N) is 2. The predicted octanol–water partition coefficient (Wildman–Crippen LogP) is 3.04. The summed E-state index contributed by atoms with van der Waals surface area (Å²) in [4.78, 5) is 35.8. The molecular weight excluding hydrogens is 406 g/mol. The van der Waals surface area contributed by atoms with Crippen LogP contribution >= 0.6 is 0 Å². The Hall–Kier alpha value is -3.60. The highest BCUT2D eigenvalue weighted by molar-refractivity contribution is 5.98. The molecule has 2 aliphatic rings. The molecule has 2 aromatic rings. The second-order valence-electron chi connectivity index (χ2n) is 8.71. The maximum absolute atomic E-state index is 13.3. The van der Waals surface area contributed by atoms with E-state index in [1.165, 1.54) is 0 Å². The summed E-state index contributed by atoms with van der Waals surface area (Å²) in [5, 5.41) is 12.5. The number of ether oxygens (including phenoxy) is 1. The first-order chi connectivity index (χ1) is 15.4. The number of carbonyl (C=O) groups excluding carboxylic acids is 1. The number of nitrogens with zero attached hydrogens (tertiary/aromatic N) is 3. The molecule has 1 saturated heterocycles. The molecule has 0 bridgehead atoms. The first kappa shape index (κ1) is 21.6. The molecule has 1 fully saturated rings. The van der Waals surface area contributed by atoms with Crippen LogP contribution in [0.1, 0.15) is 37.3 Å². The van der Waals surface area contributed by atoms with Crippen molar-refractivity contribution in [3.05, 3.63) is 58.4 Å². The summed E-state index contributed by atoms with van der Waals surface area (Å²) in [6, 6.07) is 9.19. The molecule has 32 heavy (non-hydrogen) atoms. The average Bonchev–Trinajstić information content (AvgIpc) is 2.76. The normalized spacial score (nSPS) is 24.8. The number of hydrogen-bond acceptors (Lipinski definition) is 6. The van der Waals surface area contributed by atoms with Gasteiger partial charge in [0.25, 0.3) is 5.56 Å². The Balaban J connectivity index is 1.83. The fraction of sp³-hybridized carbons (Fsp3) is 0.417. The average molecular weight is 434 g/mol. The molecule has 166 valence electrons. The van der Waals surface area contributed by atoms with E-state index in [1.54, 1.807) is 30.3 Å². The number of H-pyrrole nitrogens is 1. The SMILES string of the molecule is C=CCOc1ccccc1C1c2c(nc(N3CC(C)CC(C)C3)[nH]c2=O)NC(=O)C1C#N. The summed E-state index contributed by atoms with van der Waals surface area (Å²) in [7, 11) is 0. The molecule has 1 aromatic heterocycles. The molecule has 1 amide bonds. The molecular formula is C24H27N5O3. The van der Waals surface area contributed by atoms with E-state index in [2.05, 4.69) is 46.7 Å². The molecule has 4 rings (SSSR count). The minimum Gasteiger partial charge on any atom is -0.489 e. The van der Waals surface area contributed by atoms with Crippen molar-refractivity contribution in [3.63, 3.8) is 0 Å². The van der Waals surface area contributed by atoms with Crippen LogP contribution in [0.25, 0.3) is 0 Å². The number of amides is 1. The summed E-state index contributed by atoms with van der Waals surface area (Å²) in [6.07, 6.45) is 2.73. The lowest BCUT2D eigenvalue weighted by molar-refractivity contribution is -0.119. The van der Waals surface area contributed by atoms with Crippen LogP contribution in [-0.4, -0.2) is 35.6 Å². The number of hydrogen-bond donors (Lipinski definition) is 2. The Morgan fingerprint density at radius 2 is 2.00 bits per heavy atom.